The molecule has 2 heterocycles. The Balaban J connectivity index is 1.22. The van der Waals surface area contributed by atoms with E-state index in [1.54, 1.807) is 42.6 Å². The largest absolute Gasteiger partial charge is 0.449 e. The van der Waals surface area contributed by atoms with Gasteiger partial charge in [-0.3, -0.25) is 10.1 Å². The van der Waals surface area contributed by atoms with Crippen LogP contribution in [0.1, 0.15) is 23.7 Å². The Morgan fingerprint density at radius 1 is 0.791 bits per heavy atom. The van der Waals surface area contributed by atoms with Gasteiger partial charge in [-0.15, -0.1) is 11.3 Å². The second-order valence-corrected chi connectivity index (χ2v) is 10.6. The Hall–Kier alpha value is -5.28. The van der Waals surface area contributed by atoms with Crippen molar-refractivity contribution in [1.82, 2.24) is 15.0 Å². The molecule has 0 aliphatic carbocycles. The van der Waals surface area contributed by atoms with E-state index in [1.807, 2.05) is 60.7 Å². The molecule has 1 unspecified atom stereocenters. The molecule has 4 aromatic carbocycles. The number of fused-ring (bicyclic) bond motifs is 1. The first kappa shape index (κ1) is 27.9. The quantitative estimate of drug-likeness (QED) is 0.182. The number of esters is 1. The number of hydrogen-bond donors (Lipinski definition) is 1. The highest BCUT2D eigenvalue weighted by Crippen LogP contribution is 2.31. The summed E-state index contributed by atoms with van der Waals surface area (Å²) in [5.41, 5.74) is 6.00. The van der Waals surface area contributed by atoms with E-state index in [9.17, 15) is 14.0 Å². The van der Waals surface area contributed by atoms with E-state index in [2.05, 4.69) is 10.3 Å². The highest BCUT2D eigenvalue weighted by atomic mass is 32.1. The van der Waals surface area contributed by atoms with Gasteiger partial charge in [-0.25, -0.2) is 24.1 Å². The van der Waals surface area contributed by atoms with Gasteiger partial charge in [0.2, 0.25) is 0 Å². The van der Waals surface area contributed by atoms with Gasteiger partial charge in [0, 0.05) is 22.1 Å². The topological polar surface area (TPSA) is 94.1 Å². The average Bonchev–Trinajstić information content (AvgIpc) is 3.52. The van der Waals surface area contributed by atoms with Gasteiger partial charge < -0.3 is 4.74 Å². The third-order valence-corrected chi connectivity index (χ3v) is 7.54. The lowest BCUT2D eigenvalue weighted by molar-refractivity contribution is -0.124. The first-order chi connectivity index (χ1) is 21.0. The SMILES string of the molecule is CCC(OC(=O)c1ccc2nc(-c3ccccc3)c(-c3ccccc3)nc2c1)C(=O)Nc1nc(-c2ccc(F)cc2)cs1. The van der Waals surface area contributed by atoms with Crippen LogP contribution in [0.15, 0.2) is 109 Å². The molecule has 0 saturated carbocycles. The van der Waals surface area contributed by atoms with Gasteiger partial charge in [0.1, 0.15) is 5.82 Å². The number of carbonyl (C=O) groups is 2. The normalized spacial score (nSPS) is 11.7. The number of benzene rings is 4. The Morgan fingerprint density at radius 3 is 2.05 bits per heavy atom. The average molecular weight is 589 g/mol. The van der Waals surface area contributed by atoms with Crippen molar-refractivity contribution in [2.75, 3.05) is 5.32 Å². The van der Waals surface area contributed by atoms with Gasteiger partial charge in [-0.05, 0) is 48.9 Å². The molecule has 212 valence electrons. The molecule has 0 aliphatic heterocycles. The standard InChI is InChI=1S/C34H25FN4O3S/c1-2-29(32(40)39-34-38-28(20-43-34)21-13-16-25(35)17-14-21)42-33(41)24-15-18-26-27(19-24)37-31(23-11-7-4-8-12-23)30(36-26)22-9-5-3-6-10-22/h3-20,29H,2H2,1H3,(H,38,39,40). The van der Waals surface area contributed by atoms with Crippen molar-refractivity contribution < 1.29 is 18.7 Å². The van der Waals surface area contributed by atoms with E-state index in [1.165, 1.54) is 23.5 Å². The van der Waals surface area contributed by atoms with Crippen LogP contribution in [-0.2, 0) is 9.53 Å². The summed E-state index contributed by atoms with van der Waals surface area (Å²) in [6.07, 6.45) is -0.771. The molecule has 0 bridgehead atoms. The fourth-order valence-electron chi connectivity index (χ4n) is 4.57. The van der Waals surface area contributed by atoms with Crippen LogP contribution in [0.2, 0.25) is 0 Å². The minimum Gasteiger partial charge on any atom is -0.449 e. The van der Waals surface area contributed by atoms with Crippen LogP contribution in [0.4, 0.5) is 9.52 Å². The van der Waals surface area contributed by atoms with E-state index < -0.39 is 18.0 Å². The first-order valence-electron chi connectivity index (χ1n) is 13.6. The Kier molecular flexibility index (Phi) is 7.97. The number of thiazole rings is 1. The molecule has 0 radical (unpaired) electrons. The molecular weight excluding hydrogens is 563 g/mol. The lowest BCUT2D eigenvalue weighted by Crippen LogP contribution is -2.32. The maximum atomic E-state index is 13.3. The van der Waals surface area contributed by atoms with Gasteiger partial charge in [0.15, 0.2) is 11.2 Å². The Labute approximate surface area is 251 Å². The molecule has 2 aromatic heterocycles. The Bertz CT molecular complexity index is 1910. The summed E-state index contributed by atoms with van der Waals surface area (Å²) >= 11 is 1.23. The summed E-state index contributed by atoms with van der Waals surface area (Å²) < 4.78 is 18.9. The van der Waals surface area contributed by atoms with Crippen molar-refractivity contribution in [3.8, 4) is 33.8 Å². The van der Waals surface area contributed by atoms with Crippen molar-refractivity contribution in [2.45, 2.75) is 19.4 Å². The summed E-state index contributed by atoms with van der Waals surface area (Å²) in [4.78, 5) is 40.4. The van der Waals surface area contributed by atoms with Crippen LogP contribution in [-0.4, -0.2) is 32.9 Å². The number of amides is 1. The van der Waals surface area contributed by atoms with E-state index in [0.29, 0.717) is 27.6 Å². The lowest BCUT2D eigenvalue weighted by Gasteiger charge is -2.15. The maximum absolute atomic E-state index is 13.3. The minimum atomic E-state index is -1.03. The Morgan fingerprint density at radius 2 is 1.42 bits per heavy atom. The summed E-state index contributed by atoms with van der Waals surface area (Å²) in [7, 11) is 0. The van der Waals surface area contributed by atoms with Gasteiger partial charge >= 0.3 is 5.97 Å². The smallest absolute Gasteiger partial charge is 0.338 e. The van der Waals surface area contributed by atoms with Crippen molar-refractivity contribution in [3.63, 3.8) is 0 Å². The van der Waals surface area contributed by atoms with Crippen LogP contribution in [0.25, 0.3) is 44.8 Å². The van der Waals surface area contributed by atoms with Gasteiger partial charge in [0.05, 0.1) is 33.7 Å². The second-order valence-electron chi connectivity index (χ2n) is 9.69. The summed E-state index contributed by atoms with van der Waals surface area (Å²) in [5.74, 6) is -1.48. The number of anilines is 1. The predicted molar refractivity (Wildman–Crippen MR) is 166 cm³/mol. The van der Waals surface area contributed by atoms with Crippen LogP contribution in [0.5, 0.6) is 0 Å². The third kappa shape index (κ3) is 6.17. The van der Waals surface area contributed by atoms with Gasteiger partial charge in [-0.2, -0.15) is 0 Å². The van der Waals surface area contributed by atoms with Crippen LogP contribution >= 0.6 is 11.3 Å². The third-order valence-electron chi connectivity index (χ3n) is 6.78. The number of nitrogens with zero attached hydrogens (tertiary/aromatic N) is 3. The molecular formula is C34H25FN4O3S. The molecule has 1 N–H and O–H groups in total. The molecule has 6 rings (SSSR count). The van der Waals surface area contributed by atoms with E-state index in [4.69, 9.17) is 14.7 Å². The number of nitrogens with one attached hydrogen (secondary N) is 1. The molecule has 0 spiro atoms. The number of ether oxygens (including phenoxy) is 1. The highest BCUT2D eigenvalue weighted by molar-refractivity contribution is 7.14. The highest BCUT2D eigenvalue weighted by Gasteiger charge is 2.24. The number of hydrogen-bond acceptors (Lipinski definition) is 7. The van der Waals surface area contributed by atoms with E-state index in [-0.39, 0.29) is 17.8 Å². The minimum absolute atomic E-state index is 0.257. The molecule has 7 nitrogen and oxygen atoms in total. The number of aromatic nitrogens is 3. The van der Waals surface area contributed by atoms with Crippen molar-refractivity contribution >= 4 is 39.4 Å². The maximum Gasteiger partial charge on any atom is 0.338 e. The lowest BCUT2D eigenvalue weighted by atomic mass is 10.0. The van der Waals surface area contributed by atoms with Crippen LogP contribution in [0.3, 0.4) is 0 Å². The molecule has 1 atom stereocenters. The van der Waals surface area contributed by atoms with Gasteiger partial charge in [-0.1, -0.05) is 67.6 Å². The summed E-state index contributed by atoms with van der Waals surface area (Å²) in [5, 5.41) is 4.84. The second kappa shape index (κ2) is 12.3. The zero-order valence-corrected chi connectivity index (χ0v) is 23.8. The molecule has 9 heteroatoms. The molecule has 6 aromatic rings. The summed E-state index contributed by atoms with van der Waals surface area (Å²) in [6, 6.07) is 30.5. The van der Waals surface area contributed by atoms with E-state index >= 15 is 0 Å². The fourth-order valence-corrected chi connectivity index (χ4v) is 5.29. The molecule has 43 heavy (non-hydrogen) atoms. The monoisotopic (exact) mass is 588 g/mol. The van der Waals surface area contributed by atoms with Crippen LogP contribution < -0.4 is 5.32 Å². The van der Waals surface area contributed by atoms with Gasteiger partial charge in [0.25, 0.3) is 5.91 Å². The van der Waals surface area contributed by atoms with E-state index in [0.717, 1.165) is 22.4 Å². The molecule has 0 fully saturated rings. The zero-order valence-electron chi connectivity index (χ0n) is 23.0. The van der Waals surface area contributed by atoms with Crippen molar-refractivity contribution in [3.05, 3.63) is 120 Å². The van der Waals surface area contributed by atoms with Crippen molar-refractivity contribution in [2.24, 2.45) is 0 Å². The zero-order chi connectivity index (χ0) is 29.8. The van der Waals surface area contributed by atoms with Crippen molar-refractivity contribution in [1.29, 1.82) is 0 Å². The summed E-state index contributed by atoms with van der Waals surface area (Å²) in [6.45, 7) is 1.76. The molecule has 1 amide bonds. The molecule has 0 aliphatic rings. The number of carbonyl (C=O) groups excluding carboxylic acids is 2. The predicted octanol–water partition coefficient (Wildman–Crippen LogP) is 7.80. The number of rotatable bonds is 8. The first-order valence-corrected chi connectivity index (χ1v) is 14.5. The number of halogens is 1. The van der Waals surface area contributed by atoms with Crippen LogP contribution in [0, 0.1) is 5.82 Å². The fraction of sp³-hybridized carbons (Fsp3) is 0.0882. The molecule has 0 saturated heterocycles.